The number of alkyl carbamates (subject to hydrolysis) is 1. The molecule has 2 bridgehead atoms. The summed E-state index contributed by atoms with van der Waals surface area (Å²) in [6.45, 7) is 9.59. The summed E-state index contributed by atoms with van der Waals surface area (Å²) >= 11 is 4.30. The first kappa shape index (κ1) is 19.5. The number of aryl methyl sites for hydroxylation is 1. The highest BCUT2D eigenvalue weighted by molar-refractivity contribution is 7.80. The first-order valence-corrected chi connectivity index (χ1v) is 10.0. The molecule has 7 heteroatoms. The second-order valence-electron chi connectivity index (χ2n) is 9.28. The van der Waals surface area contributed by atoms with Gasteiger partial charge in [-0.2, -0.15) is 12.6 Å². The smallest absolute Gasteiger partial charge is 0.408 e. The molecule has 3 aliphatic rings. The van der Waals surface area contributed by atoms with Gasteiger partial charge in [0.05, 0.1) is 16.8 Å². The van der Waals surface area contributed by atoms with E-state index < -0.39 is 11.7 Å². The van der Waals surface area contributed by atoms with Crippen LogP contribution < -0.4 is 5.32 Å². The van der Waals surface area contributed by atoms with Crippen LogP contribution in [-0.2, 0) is 16.7 Å². The van der Waals surface area contributed by atoms with Gasteiger partial charge < -0.3 is 19.7 Å². The van der Waals surface area contributed by atoms with Crippen LogP contribution in [0.1, 0.15) is 71.5 Å². The SMILES string of the molecule is CC(C)C(O)c1nc(CCS)cn1C12CC(NC(=O)OC(C)(C)C)(C1)C2. The molecule has 0 aliphatic heterocycles. The molecule has 0 saturated heterocycles. The Morgan fingerprint density at radius 1 is 1.42 bits per heavy atom. The number of imidazole rings is 1. The average molecular weight is 382 g/mol. The molecule has 0 spiro atoms. The maximum atomic E-state index is 12.1. The number of hydrogen-bond donors (Lipinski definition) is 3. The number of aromatic nitrogens is 2. The summed E-state index contributed by atoms with van der Waals surface area (Å²) in [5, 5.41) is 13.6. The van der Waals surface area contributed by atoms with Gasteiger partial charge in [0, 0.05) is 12.6 Å². The summed E-state index contributed by atoms with van der Waals surface area (Å²) in [6.07, 6.45) is 4.47. The van der Waals surface area contributed by atoms with Crippen molar-refractivity contribution < 1.29 is 14.6 Å². The third kappa shape index (κ3) is 3.48. The predicted molar refractivity (Wildman–Crippen MR) is 104 cm³/mol. The summed E-state index contributed by atoms with van der Waals surface area (Å²) in [5.74, 6) is 1.56. The van der Waals surface area contributed by atoms with E-state index in [4.69, 9.17) is 4.74 Å². The normalized spacial score (nSPS) is 28.3. The van der Waals surface area contributed by atoms with E-state index in [0.717, 1.165) is 43.0 Å². The fourth-order valence-electron chi connectivity index (χ4n) is 4.21. The lowest BCUT2D eigenvalue weighted by molar-refractivity contribution is -0.140. The van der Waals surface area contributed by atoms with Crippen molar-refractivity contribution in [3.63, 3.8) is 0 Å². The number of amides is 1. The number of hydrogen-bond acceptors (Lipinski definition) is 5. The standard InChI is InChI=1S/C19H31N3O3S/c1-12(2)14(23)15-20-13(6-7-26)8-22(15)19-9-18(10-19,11-19)21-16(24)25-17(3,4)5/h8,12,14,23,26H,6-7,9-11H2,1-5H3,(H,21,24). The highest BCUT2D eigenvalue weighted by atomic mass is 32.1. The third-order valence-electron chi connectivity index (χ3n) is 5.33. The van der Waals surface area contributed by atoms with Crippen LogP contribution in [0.25, 0.3) is 0 Å². The van der Waals surface area contributed by atoms with Crippen LogP contribution in [0.5, 0.6) is 0 Å². The molecule has 2 N–H and O–H groups in total. The van der Waals surface area contributed by atoms with Crippen molar-refractivity contribution in [3.8, 4) is 0 Å². The second kappa shape index (κ2) is 6.44. The molecule has 0 aromatic carbocycles. The number of aliphatic hydroxyl groups is 1. The highest BCUT2D eigenvalue weighted by Gasteiger charge is 2.70. The van der Waals surface area contributed by atoms with Crippen molar-refractivity contribution in [3.05, 3.63) is 17.7 Å². The van der Waals surface area contributed by atoms with E-state index in [-0.39, 0.29) is 23.1 Å². The van der Waals surface area contributed by atoms with Gasteiger partial charge in [0.1, 0.15) is 17.5 Å². The molecule has 1 aromatic rings. The fraction of sp³-hybridized carbons (Fsp3) is 0.789. The number of ether oxygens (including phenoxy) is 1. The first-order chi connectivity index (χ1) is 12.0. The van der Waals surface area contributed by atoms with Crippen molar-refractivity contribution in [2.45, 2.75) is 83.1 Å². The Bertz CT molecular complexity index is 673. The lowest BCUT2D eigenvalue weighted by Crippen LogP contribution is -2.79. The van der Waals surface area contributed by atoms with Gasteiger partial charge >= 0.3 is 6.09 Å². The van der Waals surface area contributed by atoms with E-state index in [2.05, 4.69) is 33.7 Å². The number of nitrogens with one attached hydrogen (secondary N) is 1. The summed E-state index contributed by atoms with van der Waals surface area (Å²) in [7, 11) is 0. The third-order valence-corrected chi connectivity index (χ3v) is 5.55. The van der Waals surface area contributed by atoms with Gasteiger partial charge in [-0.1, -0.05) is 13.8 Å². The molecule has 3 aliphatic carbocycles. The minimum absolute atomic E-state index is 0.0396. The van der Waals surface area contributed by atoms with Crippen LogP contribution in [0.4, 0.5) is 4.79 Å². The summed E-state index contributed by atoms with van der Waals surface area (Å²) in [5.41, 5.74) is 0.262. The Morgan fingerprint density at radius 2 is 2.04 bits per heavy atom. The van der Waals surface area contributed by atoms with Crippen molar-refractivity contribution >= 4 is 18.7 Å². The van der Waals surface area contributed by atoms with Crippen molar-refractivity contribution in [2.75, 3.05) is 5.75 Å². The summed E-state index contributed by atoms with van der Waals surface area (Å²) < 4.78 is 7.55. The molecule has 0 radical (unpaired) electrons. The Labute approximate surface area is 161 Å². The Kier molecular flexibility index (Phi) is 4.84. The van der Waals surface area contributed by atoms with E-state index in [0.29, 0.717) is 0 Å². The largest absolute Gasteiger partial charge is 0.444 e. The van der Waals surface area contributed by atoms with Gasteiger partial charge in [-0.15, -0.1) is 0 Å². The molecule has 4 rings (SSSR count). The number of thiol groups is 1. The highest BCUT2D eigenvalue weighted by Crippen LogP contribution is 2.65. The minimum Gasteiger partial charge on any atom is -0.444 e. The van der Waals surface area contributed by atoms with E-state index >= 15 is 0 Å². The van der Waals surface area contributed by atoms with E-state index in [9.17, 15) is 9.90 Å². The van der Waals surface area contributed by atoms with Crippen molar-refractivity contribution in [1.29, 1.82) is 0 Å². The van der Waals surface area contributed by atoms with E-state index in [1.807, 2.05) is 34.6 Å². The zero-order valence-corrected chi connectivity index (χ0v) is 17.3. The fourth-order valence-corrected chi connectivity index (χ4v) is 4.44. The maximum Gasteiger partial charge on any atom is 0.408 e. The predicted octanol–water partition coefficient (Wildman–Crippen LogP) is 3.20. The van der Waals surface area contributed by atoms with E-state index in [1.165, 1.54) is 0 Å². The lowest BCUT2D eigenvalue weighted by Gasteiger charge is -2.70. The van der Waals surface area contributed by atoms with Crippen LogP contribution in [0.2, 0.25) is 0 Å². The molecule has 26 heavy (non-hydrogen) atoms. The van der Waals surface area contributed by atoms with Crippen LogP contribution in [0, 0.1) is 5.92 Å². The number of carbonyl (C=O) groups is 1. The quantitative estimate of drug-likeness (QED) is 0.662. The molecule has 146 valence electrons. The van der Waals surface area contributed by atoms with Crippen LogP contribution in [0.15, 0.2) is 6.20 Å². The Balaban J connectivity index is 1.72. The van der Waals surface area contributed by atoms with Crippen LogP contribution in [0.3, 0.4) is 0 Å². The van der Waals surface area contributed by atoms with E-state index in [1.54, 1.807) is 0 Å². The minimum atomic E-state index is -0.590. The zero-order chi connectivity index (χ0) is 19.3. The monoisotopic (exact) mass is 381 g/mol. The molecule has 3 fully saturated rings. The molecule has 1 amide bonds. The van der Waals surface area contributed by atoms with Gasteiger partial charge in [0.25, 0.3) is 0 Å². The summed E-state index contributed by atoms with van der Waals surface area (Å²) in [6, 6.07) is 0. The maximum absolute atomic E-state index is 12.1. The van der Waals surface area contributed by atoms with Crippen molar-refractivity contribution in [1.82, 2.24) is 14.9 Å². The van der Waals surface area contributed by atoms with Gasteiger partial charge in [-0.25, -0.2) is 9.78 Å². The number of aliphatic hydroxyl groups excluding tert-OH is 1. The number of nitrogens with zero attached hydrogens (tertiary/aromatic N) is 2. The molecule has 1 heterocycles. The zero-order valence-electron chi connectivity index (χ0n) is 16.4. The van der Waals surface area contributed by atoms with Crippen LogP contribution >= 0.6 is 12.6 Å². The van der Waals surface area contributed by atoms with Gasteiger partial charge in [-0.05, 0) is 51.7 Å². The molecule has 3 saturated carbocycles. The van der Waals surface area contributed by atoms with Gasteiger partial charge in [0.2, 0.25) is 0 Å². The number of rotatable bonds is 6. The Morgan fingerprint density at radius 3 is 2.54 bits per heavy atom. The molecular weight excluding hydrogens is 350 g/mol. The van der Waals surface area contributed by atoms with Gasteiger partial charge in [0.15, 0.2) is 0 Å². The molecular formula is C19H31N3O3S. The first-order valence-electron chi connectivity index (χ1n) is 9.38. The second-order valence-corrected chi connectivity index (χ2v) is 9.73. The molecule has 6 nitrogen and oxygen atoms in total. The molecule has 1 unspecified atom stereocenters. The molecule has 1 atom stereocenters. The topological polar surface area (TPSA) is 76.4 Å². The lowest BCUT2D eigenvalue weighted by atomic mass is 9.44. The average Bonchev–Trinajstić information content (AvgIpc) is 2.82. The van der Waals surface area contributed by atoms with Crippen molar-refractivity contribution in [2.24, 2.45) is 5.92 Å². The Hall–Kier alpha value is -1.21. The summed E-state index contributed by atoms with van der Waals surface area (Å²) in [4.78, 5) is 16.8. The molecule has 1 aromatic heterocycles. The number of carbonyl (C=O) groups excluding carboxylic acids is 1. The van der Waals surface area contributed by atoms with Gasteiger partial charge in [-0.3, -0.25) is 0 Å². The van der Waals surface area contributed by atoms with Crippen LogP contribution in [-0.4, -0.2) is 37.6 Å².